The molecule has 0 spiro atoms. The van der Waals surface area contributed by atoms with Gasteiger partial charge in [0.25, 0.3) is 5.91 Å². The number of thiophene rings is 1. The quantitative estimate of drug-likeness (QED) is 0.397. The van der Waals surface area contributed by atoms with Gasteiger partial charge in [-0.2, -0.15) is 0 Å². The number of carbonyl (C=O) groups is 3. The number of hydroxylamine groups is 1. The maximum absolute atomic E-state index is 12.8. The number of rotatable bonds is 10. The summed E-state index contributed by atoms with van der Waals surface area (Å²) >= 11 is 1.59. The zero-order valence-electron chi connectivity index (χ0n) is 18.3. The van der Waals surface area contributed by atoms with Crippen LogP contribution < -0.4 is 5.48 Å². The second-order valence-corrected chi connectivity index (χ2v) is 11.8. The van der Waals surface area contributed by atoms with Crippen LogP contribution in [-0.4, -0.2) is 58.4 Å². The van der Waals surface area contributed by atoms with Crippen LogP contribution in [-0.2, 0) is 32.4 Å². The van der Waals surface area contributed by atoms with E-state index >= 15 is 0 Å². The Morgan fingerprint density at radius 1 is 1.31 bits per heavy atom. The number of Topliss-reactive ketones (excluding diaryl/α,β-unsaturated/α-hetero) is 1. The highest BCUT2D eigenvalue weighted by Gasteiger charge is 2.44. The van der Waals surface area contributed by atoms with Crippen LogP contribution >= 0.6 is 11.3 Å². The van der Waals surface area contributed by atoms with E-state index in [4.69, 9.17) is 5.21 Å². The molecule has 3 heterocycles. The van der Waals surface area contributed by atoms with E-state index in [0.29, 0.717) is 25.8 Å². The molecule has 0 bridgehead atoms. The van der Waals surface area contributed by atoms with Crippen molar-refractivity contribution >= 4 is 38.9 Å². The van der Waals surface area contributed by atoms with Gasteiger partial charge in [-0.05, 0) is 38.0 Å². The monoisotopic (exact) mass is 481 g/mol. The van der Waals surface area contributed by atoms with Gasteiger partial charge in [0.15, 0.2) is 14.6 Å². The van der Waals surface area contributed by atoms with E-state index in [-0.39, 0.29) is 24.8 Å². The fraction of sp³-hybridized carbons (Fsp3) is 0.476. The van der Waals surface area contributed by atoms with E-state index in [0.717, 1.165) is 27.3 Å². The number of nitrogens with one attached hydrogen (secondary N) is 1. The number of aromatic nitrogens is 1. The molecule has 0 radical (unpaired) electrons. The van der Waals surface area contributed by atoms with Crippen molar-refractivity contribution in [3.63, 3.8) is 0 Å². The van der Waals surface area contributed by atoms with E-state index in [1.54, 1.807) is 17.5 Å². The molecule has 0 fully saturated rings. The highest BCUT2D eigenvalue weighted by Crippen LogP contribution is 2.33. The van der Waals surface area contributed by atoms with Gasteiger partial charge in [0.2, 0.25) is 0 Å². The first-order valence-electron chi connectivity index (χ1n) is 10.3. The number of sulfone groups is 1. The molecule has 32 heavy (non-hydrogen) atoms. The standard InChI is InChI=1S/C21H27N3O6S2/c1-4-16(25)5-6-17-7-8-18(31-17)14-11-15-13-23(20(27)24(15)12-14)10-9-21(2,19(26)22-28)32(3,29)30/h7-8,11-12,28H,4-6,9-10,13H2,1-3H3,(H,22,26). The molecule has 9 nitrogen and oxygen atoms in total. The highest BCUT2D eigenvalue weighted by molar-refractivity contribution is 7.92. The van der Waals surface area contributed by atoms with Crippen molar-refractivity contribution in [2.75, 3.05) is 12.8 Å². The molecular formula is C21H27N3O6S2. The van der Waals surface area contributed by atoms with Crippen LogP contribution in [0, 0.1) is 0 Å². The average Bonchev–Trinajstić information content (AvgIpc) is 3.45. The molecular weight excluding hydrogens is 454 g/mol. The summed E-state index contributed by atoms with van der Waals surface area (Å²) in [5.41, 5.74) is 3.09. The van der Waals surface area contributed by atoms with Crippen LogP contribution in [0.15, 0.2) is 24.4 Å². The Hall–Kier alpha value is -2.50. The predicted octanol–water partition coefficient (Wildman–Crippen LogP) is 2.61. The molecule has 0 saturated heterocycles. The van der Waals surface area contributed by atoms with Crippen molar-refractivity contribution in [1.82, 2.24) is 14.9 Å². The third kappa shape index (κ3) is 4.64. The molecule has 1 aliphatic heterocycles. The first-order chi connectivity index (χ1) is 15.0. The van der Waals surface area contributed by atoms with Gasteiger partial charge in [-0.15, -0.1) is 11.3 Å². The maximum atomic E-state index is 12.8. The maximum Gasteiger partial charge on any atom is 0.328 e. The minimum atomic E-state index is -3.83. The Morgan fingerprint density at radius 2 is 2.03 bits per heavy atom. The van der Waals surface area contributed by atoms with Crippen molar-refractivity contribution in [1.29, 1.82) is 0 Å². The fourth-order valence-corrected chi connectivity index (χ4v) is 5.41. The Bertz CT molecular complexity index is 1150. The van der Waals surface area contributed by atoms with Crippen molar-refractivity contribution in [3.05, 3.63) is 35.0 Å². The minimum Gasteiger partial charge on any atom is -0.318 e. The van der Waals surface area contributed by atoms with Crippen LogP contribution in [0.25, 0.3) is 10.4 Å². The molecule has 0 saturated carbocycles. The zero-order valence-corrected chi connectivity index (χ0v) is 19.9. The molecule has 3 rings (SSSR count). The van der Waals surface area contributed by atoms with Gasteiger partial charge in [0, 0.05) is 52.9 Å². The second-order valence-electron chi connectivity index (χ2n) is 8.15. The number of amides is 2. The molecule has 1 aliphatic rings. The first-order valence-corrected chi connectivity index (χ1v) is 13.0. The van der Waals surface area contributed by atoms with E-state index in [2.05, 4.69) is 0 Å². The van der Waals surface area contributed by atoms with Crippen LogP contribution in [0.4, 0.5) is 4.79 Å². The highest BCUT2D eigenvalue weighted by atomic mass is 32.2. The molecule has 2 N–H and O–H groups in total. The topological polar surface area (TPSA) is 126 Å². The lowest BCUT2D eigenvalue weighted by atomic mass is 10.1. The molecule has 174 valence electrons. The van der Waals surface area contributed by atoms with Crippen LogP contribution in [0.5, 0.6) is 0 Å². The molecule has 1 atom stereocenters. The van der Waals surface area contributed by atoms with Gasteiger partial charge < -0.3 is 4.90 Å². The smallest absolute Gasteiger partial charge is 0.318 e. The molecule has 0 aromatic carbocycles. The molecule has 0 aliphatic carbocycles. The number of hydrogen-bond donors (Lipinski definition) is 2. The summed E-state index contributed by atoms with van der Waals surface area (Å²) in [5.74, 6) is -0.792. The summed E-state index contributed by atoms with van der Waals surface area (Å²) < 4.78 is 23.9. The lowest BCUT2D eigenvalue weighted by Crippen LogP contribution is -2.50. The van der Waals surface area contributed by atoms with E-state index in [9.17, 15) is 22.8 Å². The Morgan fingerprint density at radius 3 is 2.62 bits per heavy atom. The predicted molar refractivity (Wildman–Crippen MR) is 120 cm³/mol. The minimum absolute atomic E-state index is 0.0431. The zero-order chi connectivity index (χ0) is 23.7. The Labute approximate surface area is 190 Å². The fourth-order valence-electron chi connectivity index (χ4n) is 3.57. The summed E-state index contributed by atoms with van der Waals surface area (Å²) in [5, 5.41) is 8.94. The largest absolute Gasteiger partial charge is 0.328 e. The summed E-state index contributed by atoms with van der Waals surface area (Å²) in [6.45, 7) is 3.42. The van der Waals surface area contributed by atoms with E-state index in [1.165, 1.54) is 21.9 Å². The van der Waals surface area contributed by atoms with Gasteiger partial charge in [-0.25, -0.2) is 18.7 Å². The van der Waals surface area contributed by atoms with Crippen molar-refractivity contribution in [2.45, 2.75) is 50.8 Å². The normalized spacial score (nSPS) is 15.5. The number of hydrogen-bond acceptors (Lipinski definition) is 7. The van der Waals surface area contributed by atoms with Gasteiger partial charge in [-0.1, -0.05) is 6.92 Å². The molecule has 11 heteroatoms. The number of aryl methyl sites for hydroxylation is 1. The molecule has 2 aromatic rings. The third-order valence-corrected chi connectivity index (χ3v) is 9.20. The van der Waals surface area contributed by atoms with Crippen LogP contribution in [0.2, 0.25) is 0 Å². The summed E-state index contributed by atoms with van der Waals surface area (Å²) in [7, 11) is -3.83. The molecule has 1 unspecified atom stereocenters. The van der Waals surface area contributed by atoms with Crippen LogP contribution in [0.3, 0.4) is 0 Å². The van der Waals surface area contributed by atoms with Gasteiger partial charge in [0.1, 0.15) is 5.78 Å². The van der Waals surface area contributed by atoms with E-state index < -0.39 is 20.5 Å². The van der Waals surface area contributed by atoms with Gasteiger partial charge >= 0.3 is 6.03 Å². The van der Waals surface area contributed by atoms with Crippen molar-refractivity contribution < 1.29 is 28.0 Å². The average molecular weight is 482 g/mol. The van der Waals surface area contributed by atoms with Crippen molar-refractivity contribution in [2.24, 2.45) is 0 Å². The van der Waals surface area contributed by atoms with Gasteiger partial charge in [-0.3, -0.25) is 19.4 Å². The molecule has 2 amide bonds. The number of carbonyl (C=O) groups excluding carboxylic acids is 3. The number of nitrogens with zero attached hydrogens (tertiary/aromatic N) is 2. The number of fused-ring (bicyclic) bond motifs is 1. The van der Waals surface area contributed by atoms with Crippen LogP contribution in [0.1, 0.15) is 43.7 Å². The second kappa shape index (κ2) is 9.16. The lowest BCUT2D eigenvalue weighted by molar-refractivity contribution is -0.131. The summed E-state index contributed by atoms with van der Waals surface area (Å²) in [6, 6.07) is 5.60. The Kier molecular flexibility index (Phi) is 6.91. The number of ketones is 1. The summed E-state index contributed by atoms with van der Waals surface area (Å²) in [4.78, 5) is 39.9. The molecule has 2 aromatic heterocycles. The lowest BCUT2D eigenvalue weighted by Gasteiger charge is -2.27. The Balaban J connectivity index is 1.68. The van der Waals surface area contributed by atoms with E-state index in [1.807, 2.05) is 25.1 Å². The first kappa shape index (κ1) is 24.1. The summed E-state index contributed by atoms with van der Waals surface area (Å²) in [6.07, 6.45) is 4.30. The van der Waals surface area contributed by atoms with Gasteiger partial charge in [0.05, 0.1) is 6.54 Å². The van der Waals surface area contributed by atoms with Crippen molar-refractivity contribution in [3.8, 4) is 10.4 Å². The third-order valence-electron chi connectivity index (χ3n) is 5.98. The SMILES string of the molecule is CCC(=O)CCc1ccc(-c2cc3n(c2)C(=O)N(CCC(C)(C(=O)NO)S(C)(=O)=O)C3)s1.